The van der Waals surface area contributed by atoms with Crippen molar-refractivity contribution in [1.82, 2.24) is 4.90 Å². The molecule has 0 saturated carbocycles. The van der Waals surface area contributed by atoms with E-state index in [1.54, 1.807) is 11.3 Å². The molecule has 0 fully saturated rings. The molecular weight excluding hydrogens is 241 g/mol. The summed E-state index contributed by atoms with van der Waals surface area (Å²) in [7, 11) is 4.11. The second kappa shape index (κ2) is 5.93. The van der Waals surface area contributed by atoms with Gasteiger partial charge in [-0.25, -0.2) is 0 Å². The van der Waals surface area contributed by atoms with Gasteiger partial charge in [-0.15, -0.1) is 36.2 Å². The minimum absolute atomic E-state index is 0. The predicted octanol–water partition coefficient (Wildman–Crippen LogP) is 2.72. The molecule has 0 spiro atoms. The topological polar surface area (TPSA) is 12.5 Å². The van der Waals surface area contributed by atoms with E-state index in [2.05, 4.69) is 30.4 Å². The monoisotopic (exact) mass is 255 g/mol. The maximum Gasteiger partial charge on any atom is 0.145 e. The first-order valence-corrected chi connectivity index (χ1v) is 5.01. The van der Waals surface area contributed by atoms with Crippen molar-refractivity contribution < 1.29 is 4.74 Å². The summed E-state index contributed by atoms with van der Waals surface area (Å²) in [4.78, 5) is 3.50. The zero-order chi connectivity index (χ0) is 8.55. The van der Waals surface area contributed by atoms with Crippen LogP contribution in [0.5, 0.6) is 0 Å². The fraction of sp³-hybridized carbons (Fsp3) is 0.556. The quantitative estimate of drug-likeness (QED) is 0.766. The summed E-state index contributed by atoms with van der Waals surface area (Å²) in [6.07, 6.45) is 1.26. The number of rotatable bonds is 1. The van der Waals surface area contributed by atoms with Gasteiger partial charge >= 0.3 is 0 Å². The van der Waals surface area contributed by atoms with E-state index in [-0.39, 0.29) is 31.0 Å². The fourth-order valence-corrected chi connectivity index (χ4v) is 2.61. The Labute approximate surface area is 101 Å². The Morgan fingerprint density at radius 1 is 1.43 bits per heavy atom. The molecule has 1 aliphatic heterocycles. The van der Waals surface area contributed by atoms with Crippen LogP contribution in [0.3, 0.4) is 0 Å². The van der Waals surface area contributed by atoms with Crippen LogP contribution in [0.2, 0.25) is 0 Å². The van der Waals surface area contributed by atoms with Crippen molar-refractivity contribution >= 4 is 36.2 Å². The van der Waals surface area contributed by atoms with Gasteiger partial charge in [-0.05, 0) is 37.5 Å². The van der Waals surface area contributed by atoms with Gasteiger partial charge in [-0.2, -0.15) is 0 Å². The average molecular weight is 256 g/mol. The van der Waals surface area contributed by atoms with Crippen LogP contribution in [0.1, 0.15) is 16.7 Å². The van der Waals surface area contributed by atoms with E-state index in [1.807, 2.05) is 0 Å². The Morgan fingerprint density at radius 3 is 2.79 bits per heavy atom. The number of hydrogen-bond donors (Lipinski definition) is 0. The van der Waals surface area contributed by atoms with Crippen LogP contribution < -0.4 is 0 Å². The standard InChI is InChI=1S/C9H13NOS.2ClH/c1-10(2)9-8-7(3-5-11-9)4-6-12-8;;/h4,6,9H,3,5H2,1-2H3;2*1H/t9-;;/m0../s1. The molecule has 1 aliphatic rings. The lowest BCUT2D eigenvalue weighted by Gasteiger charge is -2.28. The summed E-state index contributed by atoms with van der Waals surface area (Å²) >= 11 is 1.80. The molecule has 0 N–H and O–H groups in total. The maximum absolute atomic E-state index is 5.66. The zero-order valence-corrected chi connectivity index (χ0v) is 10.7. The van der Waals surface area contributed by atoms with E-state index in [4.69, 9.17) is 4.74 Å². The third kappa shape index (κ3) is 2.61. The lowest BCUT2D eigenvalue weighted by Crippen LogP contribution is -2.26. The van der Waals surface area contributed by atoms with Gasteiger partial charge in [0.25, 0.3) is 0 Å². The smallest absolute Gasteiger partial charge is 0.145 e. The number of hydrogen-bond acceptors (Lipinski definition) is 3. The van der Waals surface area contributed by atoms with Crippen LogP contribution in [0.25, 0.3) is 0 Å². The maximum atomic E-state index is 5.66. The van der Waals surface area contributed by atoms with Gasteiger partial charge in [0.15, 0.2) is 0 Å². The number of halogens is 2. The van der Waals surface area contributed by atoms with Crippen molar-refractivity contribution in [3.05, 3.63) is 21.9 Å². The molecule has 82 valence electrons. The summed E-state index contributed by atoms with van der Waals surface area (Å²) in [6.45, 7) is 0.854. The van der Waals surface area contributed by atoms with Gasteiger partial charge in [-0.3, -0.25) is 4.90 Å². The SMILES string of the molecule is CN(C)[C@H]1OCCc2ccsc21.Cl.Cl. The second-order valence-electron chi connectivity index (χ2n) is 3.25. The summed E-state index contributed by atoms with van der Waals surface area (Å²) in [5.41, 5.74) is 1.46. The second-order valence-corrected chi connectivity index (χ2v) is 4.19. The highest BCUT2D eigenvalue weighted by Crippen LogP contribution is 2.32. The van der Waals surface area contributed by atoms with Crippen LogP contribution in [0.4, 0.5) is 0 Å². The lowest BCUT2D eigenvalue weighted by atomic mass is 10.1. The number of thiophene rings is 1. The Balaban J connectivity index is 0.000000845. The minimum atomic E-state index is 0. The molecule has 2 rings (SSSR count). The highest BCUT2D eigenvalue weighted by atomic mass is 35.5. The first-order valence-electron chi connectivity index (χ1n) is 4.13. The Kier molecular flexibility index (Phi) is 6.02. The molecule has 5 heteroatoms. The molecular formula is C9H15Cl2NOS. The lowest BCUT2D eigenvalue weighted by molar-refractivity contribution is -0.0441. The van der Waals surface area contributed by atoms with Crippen LogP contribution in [-0.4, -0.2) is 25.6 Å². The predicted molar refractivity (Wildman–Crippen MR) is 64.9 cm³/mol. The highest BCUT2D eigenvalue weighted by molar-refractivity contribution is 7.10. The molecule has 0 amide bonds. The van der Waals surface area contributed by atoms with E-state index in [0.29, 0.717) is 0 Å². The Hall–Kier alpha value is 0.200. The molecule has 0 aliphatic carbocycles. The van der Waals surface area contributed by atoms with E-state index < -0.39 is 0 Å². The molecule has 2 nitrogen and oxygen atoms in total. The Bertz CT molecular complexity index is 278. The molecule has 2 heterocycles. The van der Waals surface area contributed by atoms with E-state index in [9.17, 15) is 0 Å². The molecule has 0 saturated heterocycles. The van der Waals surface area contributed by atoms with Crippen molar-refractivity contribution in [1.29, 1.82) is 0 Å². The fourth-order valence-electron chi connectivity index (χ4n) is 1.51. The normalized spacial score (nSPS) is 19.5. The number of ether oxygens (including phenoxy) is 1. The van der Waals surface area contributed by atoms with Gasteiger partial charge in [0.2, 0.25) is 0 Å². The van der Waals surface area contributed by atoms with Gasteiger partial charge in [-0.1, -0.05) is 0 Å². The summed E-state index contributed by atoms with van der Waals surface area (Å²) < 4.78 is 5.66. The first-order chi connectivity index (χ1) is 5.79. The van der Waals surface area contributed by atoms with E-state index >= 15 is 0 Å². The molecule has 0 aromatic carbocycles. The van der Waals surface area contributed by atoms with E-state index in [0.717, 1.165) is 13.0 Å². The van der Waals surface area contributed by atoms with Gasteiger partial charge < -0.3 is 4.74 Å². The van der Waals surface area contributed by atoms with Crippen molar-refractivity contribution in [3.8, 4) is 0 Å². The third-order valence-corrected chi connectivity index (χ3v) is 3.11. The highest BCUT2D eigenvalue weighted by Gasteiger charge is 2.23. The minimum Gasteiger partial charge on any atom is -0.358 e. The molecule has 0 radical (unpaired) electrons. The summed E-state index contributed by atoms with van der Waals surface area (Å²) in [5, 5.41) is 2.15. The molecule has 0 unspecified atom stereocenters. The molecule has 14 heavy (non-hydrogen) atoms. The van der Waals surface area contributed by atoms with Crippen LogP contribution in [0, 0.1) is 0 Å². The van der Waals surface area contributed by atoms with Crippen molar-refractivity contribution in [2.75, 3.05) is 20.7 Å². The average Bonchev–Trinajstić information content (AvgIpc) is 2.49. The van der Waals surface area contributed by atoms with Crippen molar-refractivity contribution in [2.45, 2.75) is 12.6 Å². The molecule has 0 bridgehead atoms. The third-order valence-electron chi connectivity index (χ3n) is 2.12. The summed E-state index contributed by atoms with van der Waals surface area (Å²) in [5.74, 6) is 0. The number of fused-ring (bicyclic) bond motifs is 1. The van der Waals surface area contributed by atoms with Crippen molar-refractivity contribution in [3.63, 3.8) is 0 Å². The van der Waals surface area contributed by atoms with E-state index in [1.165, 1.54) is 10.4 Å². The first kappa shape index (κ1) is 14.2. The van der Waals surface area contributed by atoms with Crippen LogP contribution in [-0.2, 0) is 11.2 Å². The van der Waals surface area contributed by atoms with Crippen molar-refractivity contribution in [2.24, 2.45) is 0 Å². The summed E-state index contributed by atoms with van der Waals surface area (Å²) in [6, 6.07) is 2.21. The van der Waals surface area contributed by atoms with Gasteiger partial charge in [0, 0.05) is 0 Å². The largest absolute Gasteiger partial charge is 0.358 e. The van der Waals surface area contributed by atoms with Crippen LogP contribution in [0.15, 0.2) is 11.4 Å². The number of nitrogens with zero attached hydrogens (tertiary/aromatic N) is 1. The van der Waals surface area contributed by atoms with Gasteiger partial charge in [0.1, 0.15) is 6.23 Å². The van der Waals surface area contributed by atoms with Gasteiger partial charge in [0.05, 0.1) is 11.5 Å². The van der Waals surface area contributed by atoms with Crippen LogP contribution >= 0.6 is 36.2 Å². The molecule has 1 atom stereocenters. The zero-order valence-electron chi connectivity index (χ0n) is 8.23. The molecule has 1 aromatic heterocycles. The Morgan fingerprint density at radius 2 is 2.14 bits per heavy atom. The molecule has 1 aromatic rings.